The van der Waals surface area contributed by atoms with Gasteiger partial charge in [-0.2, -0.15) is 0 Å². The maximum Gasteiger partial charge on any atom is 0.137 e. The first-order chi connectivity index (χ1) is 10.3. The van der Waals surface area contributed by atoms with Gasteiger partial charge in [-0.3, -0.25) is 0 Å². The predicted octanol–water partition coefficient (Wildman–Crippen LogP) is 2.87. The summed E-state index contributed by atoms with van der Waals surface area (Å²) in [4.78, 5) is 11.1. The average molecular weight is 292 g/mol. The maximum absolute atomic E-state index is 5.85. The summed E-state index contributed by atoms with van der Waals surface area (Å²) in [5.74, 6) is 2.01. The Hall–Kier alpha value is -1.36. The molecule has 5 heteroatoms. The Kier molecular flexibility index (Phi) is 6.23. The molecule has 2 heterocycles. The van der Waals surface area contributed by atoms with E-state index in [2.05, 4.69) is 41.1 Å². The summed E-state index contributed by atoms with van der Waals surface area (Å²) in [5, 5.41) is 3.35. The van der Waals surface area contributed by atoms with Crippen molar-refractivity contribution in [3.8, 4) is 0 Å². The zero-order valence-corrected chi connectivity index (χ0v) is 13.6. The summed E-state index contributed by atoms with van der Waals surface area (Å²) >= 11 is 0. The standard InChI is InChI=1S/C16H28N4O/c1-4-8-14-15(17-5-2)18-12-19-16(14)20(3)11-13-9-6-7-10-21-13/h12-13H,4-11H2,1-3H3,(H,17,18,19). The zero-order valence-electron chi connectivity index (χ0n) is 13.6. The van der Waals surface area contributed by atoms with Crippen molar-refractivity contribution in [3.63, 3.8) is 0 Å². The molecule has 0 saturated carbocycles. The number of hydrogen-bond acceptors (Lipinski definition) is 5. The third-order valence-corrected chi connectivity index (χ3v) is 3.88. The monoisotopic (exact) mass is 292 g/mol. The van der Waals surface area contributed by atoms with Crippen molar-refractivity contribution in [2.24, 2.45) is 0 Å². The Labute approximate surface area is 128 Å². The summed E-state index contributed by atoms with van der Waals surface area (Å²) in [6.45, 7) is 6.96. The summed E-state index contributed by atoms with van der Waals surface area (Å²) in [5.41, 5.74) is 1.22. The Morgan fingerprint density at radius 2 is 2.19 bits per heavy atom. The van der Waals surface area contributed by atoms with Crippen molar-refractivity contribution >= 4 is 11.6 Å². The van der Waals surface area contributed by atoms with E-state index in [0.29, 0.717) is 6.10 Å². The van der Waals surface area contributed by atoms with Crippen molar-refractivity contribution in [1.29, 1.82) is 0 Å². The third kappa shape index (κ3) is 4.30. The second-order valence-corrected chi connectivity index (χ2v) is 5.67. The van der Waals surface area contributed by atoms with Gasteiger partial charge in [0, 0.05) is 32.3 Å². The molecule has 1 aromatic heterocycles. The quantitative estimate of drug-likeness (QED) is 0.837. The molecule has 0 radical (unpaired) electrons. The fraction of sp³-hybridized carbons (Fsp3) is 0.750. The van der Waals surface area contributed by atoms with Crippen LogP contribution in [0.15, 0.2) is 6.33 Å². The molecule has 2 rings (SSSR count). The number of likely N-dealkylation sites (N-methyl/N-ethyl adjacent to an activating group) is 1. The van der Waals surface area contributed by atoms with Crippen LogP contribution in [0.3, 0.4) is 0 Å². The minimum atomic E-state index is 0.329. The molecule has 0 aliphatic carbocycles. The lowest BCUT2D eigenvalue weighted by molar-refractivity contribution is 0.0215. The molecule has 0 amide bonds. The summed E-state index contributed by atoms with van der Waals surface area (Å²) in [7, 11) is 2.11. The molecular weight excluding hydrogens is 264 g/mol. The van der Waals surface area contributed by atoms with Crippen molar-refractivity contribution in [1.82, 2.24) is 9.97 Å². The molecular formula is C16H28N4O. The Bertz CT molecular complexity index is 432. The van der Waals surface area contributed by atoms with E-state index < -0.39 is 0 Å². The Morgan fingerprint density at radius 1 is 1.33 bits per heavy atom. The van der Waals surface area contributed by atoms with Gasteiger partial charge in [0.25, 0.3) is 0 Å². The smallest absolute Gasteiger partial charge is 0.137 e. The van der Waals surface area contributed by atoms with Crippen LogP contribution in [0.1, 0.15) is 45.1 Å². The molecule has 1 aliphatic rings. The molecule has 1 aliphatic heterocycles. The molecule has 0 spiro atoms. The molecule has 0 aromatic carbocycles. The molecule has 1 fully saturated rings. The second-order valence-electron chi connectivity index (χ2n) is 5.67. The van der Waals surface area contributed by atoms with Crippen molar-refractivity contribution < 1.29 is 4.74 Å². The van der Waals surface area contributed by atoms with E-state index in [-0.39, 0.29) is 0 Å². The number of nitrogens with zero attached hydrogens (tertiary/aromatic N) is 3. The fourth-order valence-electron chi connectivity index (χ4n) is 2.88. The number of nitrogens with one attached hydrogen (secondary N) is 1. The minimum Gasteiger partial charge on any atom is -0.376 e. The number of anilines is 2. The lowest BCUT2D eigenvalue weighted by atomic mass is 10.1. The molecule has 5 nitrogen and oxygen atoms in total. The van der Waals surface area contributed by atoms with Crippen molar-refractivity contribution in [2.45, 2.75) is 52.1 Å². The first-order valence-corrected chi connectivity index (χ1v) is 8.16. The maximum atomic E-state index is 5.85. The largest absolute Gasteiger partial charge is 0.376 e. The second kappa shape index (κ2) is 8.17. The Morgan fingerprint density at radius 3 is 2.86 bits per heavy atom. The first kappa shape index (κ1) is 16.0. The van der Waals surface area contributed by atoms with Crippen LogP contribution in [0.4, 0.5) is 11.6 Å². The van der Waals surface area contributed by atoms with Gasteiger partial charge in [-0.15, -0.1) is 0 Å². The Balaban J connectivity index is 2.13. The highest BCUT2D eigenvalue weighted by atomic mass is 16.5. The predicted molar refractivity (Wildman–Crippen MR) is 87.1 cm³/mol. The van der Waals surface area contributed by atoms with Crippen LogP contribution >= 0.6 is 0 Å². The molecule has 1 unspecified atom stereocenters. The highest BCUT2D eigenvalue weighted by Crippen LogP contribution is 2.25. The van der Waals surface area contributed by atoms with E-state index in [1.165, 1.54) is 18.4 Å². The van der Waals surface area contributed by atoms with E-state index >= 15 is 0 Å². The van der Waals surface area contributed by atoms with E-state index in [1.54, 1.807) is 6.33 Å². The minimum absolute atomic E-state index is 0.329. The normalized spacial score (nSPS) is 18.5. The van der Waals surface area contributed by atoms with Gasteiger partial charge in [0.1, 0.15) is 18.0 Å². The van der Waals surface area contributed by atoms with Crippen LogP contribution in [-0.2, 0) is 11.2 Å². The van der Waals surface area contributed by atoms with Crippen LogP contribution in [0.5, 0.6) is 0 Å². The van der Waals surface area contributed by atoms with E-state index in [0.717, 1.165) is 50.6 Å². The lowest BCUT2D eigenvalue weighted by Crippen LogP contribution is -2.34. The fourth-order valence-corrected chi connectivity index (χ4v) is 2.88. The summed E-state index contributed by atoms with van der Waals surface area (Å²) in [6, 6.07) is 0. The van der Waals surface area contributed by atoms with Crippen LogP contribution in [0.25, 0.3) is 0 Å². The molecule has 0 bridgehead atoms. The van der Waals surface area contributed by atoms with Gasteiger partial charge >= 0.3 is 0 Å². The third-order valence-electron chi connectivity index (χ3n) is 3.88. The highest BCUT2D eigenvalue weighted by Gasteiger charge is 2.19. The molecule has 21 heavy (non-hydrogen) atoms. The average Bonchev–Trinajstić information content (AvgIpc) is 2.50. The summed E-state index contributed by atoms with van der Waals surface area (Å²) < 4.78 is 5.85. The number of rotatable bonds is 7. The number of aromatic nitrogens is 2. The van der Waals surface area contributed by atoms with Gasteiger partial charge in [0.05, 0.1) is 6.10 Å². The SMILES string of the molecule is CCCc1c(NCC)ncnc1N(C)CC1CCCCO1. The van der Waals surface area contributed by atoms with E-state index in [9.17, 15) is 0 Å². The van der Waals surface area contributed by atoms with Crippen molar-refractivity contribution in [2.75, 3.05) is 37.0 Å². The van der Waals surface area contributed by atoms with Gasteiger partial charge in [-0.1, -0.05) is 13.3 Å². The van der Waals surface area contributed by atoms with Crippen LogP contribution in [-0.4, -0.2) is 42.8 Å². The van der Waals surface area contributed by atoms with Crippen LogP contribution in [0.2, 0.25) is 0 Å². The number of hydrogen-bond donors (Lipinski definition) is 1. The van der Waals surface area contributed by atoms with Crippen LogP contribution < -0.4 is 10.2 Å². The van der Waals surface area contributed by atoms with Gasteiger partial charge < -0.3 is 15.0 Å². The van der Waals surface area contributed by atoms with Gasteiger partial charge in [0.2, 0.25) is 0 Å². The summed E-state index contributed by atoms with van der Waals surface area (Å²) in [6.07, 6.45) is 7.69. The van der Waals surface area contributed by atoms with Gasteiger partial charge in [0.15, 0.2) is 0 Å². The number of ether oxygens (including phenoxy) is 1. The van der Waals surface area contributed by atoms with Crippen molar-refractivity contribution in [3.05, 3.63) is 11.9 Å². The molecule has 1 atom stereocenters. The van der Waals surface area contributed by atoms with Crippen LogP contribution in [0, 0.1) is 0 Å². The zero-order chi connectivity index (χ0) is 15.1. The van der Waals surface area contributed by atoms with Gasteiger partial charge in [-0.25, -0.2) is 9.97 Å². The van der Waals surface area contributed by atoms with Gasteiger partial charge in [-0.05, 0) is 32.6 Å². The first-order valence-electron chi connectivity index (χ1n) is 8.16. The molecule has 1 N–H and O–H groups in total. The van der Waals surface area contributed by atoms with E-state index in [1.807, 2.05) is 0 Å². The molecule has 118 valence electrons. The van der Waals surface area contributed by atoms with E-state index in [4.69, 9.17) is 4.74 Å². The lowest BCUT2D eigenvalue weighted by Gasteiger charge is -2.29. The molecule has 1 aromatic rings. The highest BCUT2D eigenvalue weighted by molar-refractivity contribution is 5.58. The topological polar surface area (TPSA) is 50.3 Å². The molecule has 1 saturated heterocycles.